The fourth-order valence-electron chi connectivity index (χ4n) is 0.901. The molecule has 0 unspecified atom stereocenters. The summed E-state index contributed by atoms with van der Waals surface area (Å²) in [5.41, 5.74) is -5.67. The smallest absolute Gasteiger partial charge is 0.211 e. The molecule has 5 nitrogen and oxygen atoms in total. The summed E-state index contributed by atoms with van der Waals surface area (Å²) in [6.45, 7) is 0. The lowest BCUT2D eigenvalue weighted by molar-refractivity contribution is -0.0441. The van der Waals surface area contributed by atoms with Crippen LogP contribution in [0.1, 0.15) is 0 Å². The van der Waals surface area contributed by atoms with Crippen LogP contribution in [0.4, 0.5) is 13.2 Å². The number of hydrogen-bond acceptors (Lipinski definition) is 5. The summed E-state index contributed by atoms with van der Waals surface area (Å²) in [4.78, 5) is 0.484. The minimum atomic E-state index is -5.91. The second-order valence-electron chi connectivity index (χ2n) is 3.22. The average Bonchev–Trinajstić information content (AvgIpc) is 2.25. The summed E-state index contributed by atoms with van der Waals surface area (Å²) in [6, 6.07) is 7.96. The standard InChI is InChI=1S/C8H8F3NO4S3/c9-8(10,11)19(15,16)12-18(13,14)6-17-7-4-2-1-3-5-7/h1-5,12H,6H2. The van der Waals surface area contributed by atoms with Gasteiger partial charge >= 0.3 is 15.5 Å². The van der Waals surface area contributed by atoms with Gasteiger partial charge in [-0.1, -0.05) is 18.2 Å². The predicted octanol–water partition coefficient (Wildman–Crippen LogP) is 1.51. The van der Waals surface area contributed by atoms with Crippen molar-refractivity contribution in [1.29, 1.82) is 0 Å². The fourth-order valence-corrected chi connectivity index (χ4v) is 4.76. The lowest BCUT2D eigenvalue weighted by atomic mass is 10.4. The number of alkyl halides is 3. The molecule has 11 heteroatoms. The minimum Gasteiger partial charge on any atom is -0.211 e. The molecule has 0 heterocycles. The van der Waals surface area contributed by atoms with Crippen molar-refractivity contribution in [3.05, 3.63) is 30.3 Å². The van der Waals surface area contributed by atoms with Crippen molar-refractivity contribution in [2.24, 2.45) is 0 Å². The van der Waals surface area contributed by atoms with E-state index in [2.05, 4.69) is 0 Å². The summed E-state index contributed by atoms with van der Waals surface area (Å²) in [6.07, 6.45) is 0. The summed E-state index contributed by atoms with van der Waals surface area (Å²) in [5, 5.41) is -0.841. The Balaban J connectivity index is 2.74. The lowest BCUT2D eigenvalue weighted by Crippen LogP contribution is -2.40. The molecule has 0 aromatic heterocycles. The Morgan fingerprint density at radius 2 is 1.58 bits per heavy atom. The third-order valence-electron chi connectivity index (χ3n) is 1.67. The number of thioether (sulfide) groups is 1. The summed E-state index contributed by atoms with van der Waals surface area (Å²) in [5.74, 6) is 0. The Hall–Kier alpha value is -0.780. The van der Waals surface area contributed by atoms with Crippen molar-refractivity contribution in [1.82, 2.24) is 4.13 Å². The van der Waals surface area contributed by atoms with Crippen molar-refractivity contribution in [2.75, 3.05) is 5.08 Å². The van der Waals surface area contributed by atoms with E-state index in [1.807, 2.05) is 0 Å². The van der Waals surface area contributed by atoms with E-state index in [-0.39, 0.29) is 0 Å². The van der Waals surface area contributed by atoms with E-state index < -0.39 is 30.6 Å². The molecule has 0 aliphatic rings. The Kier molecular flexibility index (Phi) is 4.87. The van der Waals surface area contributed by atoms with E-state index >= 15 is 0 Å². The monoisotopic (exact) mass is 335 g/mol. The van der Waals surface area contributed by atoms with Crippen molar-refractivity contribution in [3.8, 4) is 0 Å². The first-order chi connectivity index (χ1) is 8.54. The number of sulfonamides is 2. The van der Waals surface area contributed by atoms with Crippen molar-refractivity contribution in [3.63, 3.8) is 0 Å². The third kappa shape index (κ3) is 5.01. The second kappa shape index (κ2) is 5.69. The minimum absolute atomic E-state index is 0.484. The van der Waals surface area contributed by atoms with Gasteiger partial charge in [-0.3, -0.25) is 0 Å². The van der Waals surface area contributed by atoms with Crippen LogP contribution in [-0.2, 0) is 20.0 Å². The van der Waals surface area contributed by atoms with Gasteiger partial charge in [0.2, 0.25) is 10.0 Å². The van der Waals surface area contributed by atoms with E-state index in [1.54, 1.807) is 30.3 Å². The molecule has 108 valence electrons. The number of rotatable bonds is 5. The van der Waals surface area contributed by atoms with E-state index in [0.717, 1.165) is 0 Å². The van der Waals surface area contributed by atoms with E-state index in [9.17, 15) is 30.0 Å². The molecule has 0 radical (unpaired) electrons. The first-order valence-corrected chi connectivity index (χ1v) is 8.66. The predicted molar refractivity (Wildman–Crippen MR) is 64.2 cm³/mol. The molecule has 0 amide bonds. The molecule has 0 aliphatic heterocycles. The zero-order chi connectivity index (χ0) is 14.7. The molecule has 1 aromatic rings. The highest BCUT2D eigenvalue weighted by Gasteiger charge is 2.48. The Morgan fingerprint density at radius 3 is 2.05 bits per heavy atom. The maximum absolute atomic E-state index is 12.0. The highest BCUT2D eigenvalue weighted by atomic mass is 32.3. The molecule has 0 fully saturated rings. The largest absolute Gasteiger partial charge is 0.512 e. The SMILES string of the molecule is O=S(=O)(CSc1ccccc1)NS(=O)(=O)C(F)(F)F. The normalized spacial score (nSPS) is 13.4. The molecule has 0 atom stereocenters. The second-order valence-corrected chi connectivity index (χ2v) is 8.29. The van der Waals surface area contributed by atoms with Gasteiger partial charge in [0.1, 0.15) is 5.08 Å². The first-order valence-electron chi connectivity index (χ1n) is 4.54. The van der Waals surface area contributed by atoms with Gasteiger partial charge in [-0.05, 0) is 12.1 Å². The molecule has 1 rings (SSSR count). The van der Waals surface area contributed by atoms with Crippen LogP contribution < -0.4 is 4.13 Å². The molecule has 0 bridgehead atoms. The van der Waals surface area contributed by atoms with Crippen LogP contribution in [0.3, 0.4) is 0 Å². The van der Waals surface area contributed by atoms with Crippen LogP contribution in [0.15, 0.2) is 35.2 Å². The summed E-state index contributed by atoms with van der Waals surface area (Å²) < 4.78 is 80.5. The van der Waals surface area contributed by atoms with Crippen LogP contribution in [0.2, 0.25) is 0 Å². The molecule has 19 heavy (non-hydrogen) atoms. The Morgan fingerprint density at radius 1 is 1.05 bits per heavy atom. The molecular weight excluding hydrogens is 327 g/mol. The average molecular weight is 335 g/mol. The zero-order valence-corrected chi connectivity index (χ0v) is 11.5. The van der Waals surface area contributed by atoms with Gasteiger partial charge in [-0.15, -0.1) is 15.9 Å². The highest BCUT2D eigenvalue weighted by molar-refractivity contribution is 8.15. The van der Waals surface area contributed by atoms with Crippen LogP contribution in [0.25, 0.3) is 0 Å². The zero-order valence-electron chi connectivity index (χ0n) is 9.09. The maximum Gasteiger partial charge on any atom is 0.512 e. The molecule has 0 saturated heterocycles. The van der Waals surface area contributed by atoms with Gasteiger partial charge in [-0.2, -0.15) is 13.2 Å². The fraction of sp³-hybridized carbons (Fsp3) is 0.250. The quantitative estimate of drug-likeness (QED) is 0.825. The van der Waals surface area contributed by atoms with Gasteiger partial charge in [0.25, 0.3) is 0 Å². The van der Waals surface area contributed by atoms with Gasteiger partial charge < -0.3 is 0 Å². The van der Waals surface area contributed by atoms with E-state index in [1.165, 1.54) is 0 Å². The van der Waals surface area contributed by atoms with Crippen molar-refractivity contribution in [2.45, 2.75) is 10.4 Å². The van der Waals surface area contributed by atoms with Gasteiger partial charge in [0.15, 0.2) is 0 Å². The molecule has 0 spiro atoms. The van der Waals surface area contributed by atoms with Crippen LogP contribution in [0.5, 0.6) is 0 Å². The van der Waals surface area contributed by atoms with Gasteiger partial charge in [0, 0.05) is 4.90 Å². The lowest BCUT2D eigenvalue weighted by Gasteiger charge is -2.09. The van der Waals surface area contributed by atoms with E-state index in [0.29, 0.717) is 20.8 Å². The van der Waals surface area contributed by atoms with Crippen LogP contribution in [-0.4, -0.2) is 27.4 Å². The molecular formula is C8H8F3NO4S3. The topological polar surface area (TPSA) is 80.3 Å². The maximum atomic E-state index is 12.0. The van der Waals surface area contributed by atoms with E-state index in [4.69, 9.17) is 0 Å². The van der Waals surface area contributed by atoms with Crippen LogP contribution >= 0.6 is 11.8 Å². The Labute approximate surface area is 112 Å². The molecule has 0 aliphatic carbocycles. The first kappa shape index (κ1) is 16.3. The molecule has 1 N–H and O–H groups in total. The summed E-state index contributed by atoms with van der Waals surface area (Å²) >= 11 is 0.696. The number of halogens is 3. The number of hydrogen-bond donors (Lipinski definition) is 1. The Bertz CT molecular complexity index is 625. The van der Waals surface area contributed by atoms with Gasteiger partial charge in [0.05, 0.1) is 0 Å². The highest BCUT2D eigenvalue weighted by Crippen LogP contribution is 2.24. The summed E-state index contributed by atoms with van der Waals surface area (Å²) in [7, 11) is -10.5. The van der Waals surface area contributed by atoms with Gasteiger partial charge in [-0.25, -0.2) is 16.8 Å². The van der Waals surface area contributed by atoms with Crippen LogP contribution in [0, 0.1) is 0 Å². The third-order valence-corrected chi connectivity index (χ3v) is 6.49. The number of benzene rings is 1. The molecule has 0 saturated carbocycles. The molecule has 1 aromatic carbocycles. The van der Waals surface area contributed by atoms with Crippen molar-refractivity contribution < 1.29 is 30.0 Å². The number of nitrogens with one attached hydrogen (secondary N) is 1. The van der Waals surface area contributed by atoms with Crippen molar-refractivity contribution >= 4 is 31.8 Å².